The van der Waals surface area contributed by atoms with Gasteiger partial charge in [0, 0.05) is 4.58 Å². The molecule has 0 aromatic carbocycles. The first-order valence-corrected chi connectivity index (χ1v) is 8.32. The van der Waals surface area contributed by atoms with Crippen molar-refractivity contribution in [1.82, 2.24) is 0 Å². The van der Waals surface area contributed by atoms with Crippen molar-refractivity contribution in [2.24, 2.45) is 0 Å². The van der Waals surface area contributed by atoms with Crippen LogP contribution in [0.2, 0.25) is 0 Å². The Bertz CT molecular complexity index is 233. The molecule has 0 saturated heterocycles. The van der Waals surface area contributed by atoms with Gasteiger partial charge in [0.25, 0.3) is 0 Å². The van der Waals surface area contributed by atoms with Gasteiger partial charge in [0.15, 0.2) is 0 Å². The van der Waals surface area contributed by atoms with Gasteiger partial charge in [-0.1, -0.05) is 31.0 Å². The second-order valence-electron chi connectivity index (χ2n) is 3.89. The molecule has 0 saturated carbocycles. The van der Waals surface area contributed by atoms with Crippen molar-refractivity contribution in [3.63, 3.8) is 0 Å². The summed E-state index contributed by atoms with van der Waals surface area (Å²) in [4.78, 5) is 1.63. The Morgan fingerprint density at radius 1 is 1.21 bits per heavy atom. The fraction of sp³-hybridized carbons (Fsp3) is 0.833. The molecule has 2 heteroatoms. The second kappa shape index (κ2) is 6.84. The van der Waals surface area contributed by atoms with E-state index in [0.29, 0.717) is 21.0 Å². The lowest BCUT2D eigenvalue weighted by molar-refractivity contribution is 1.10. The van der Waals surface area contributed by atoms with E-state index < -0.39 is 0 Å². The summed E-state index contributed by atoms with van der Waals surface area (Å²) in [5.74, 6) is 1.31. The van der Waals surface area contributed by atoms with E-state index in [-0.39, 0.29) is 0 Å². The molecule has 0 nitrogen and oxygen atoms in total. The molecule has 0 aromatic rings. The number of hydrogen-bond donors (Lipinski definition) is 0. The summed E-state index contributed by atoms with van der Waals surface area (Å²) in [7, 11) is 1.01. The third kappa shape index (κ3) is 3.90. The quantitative estimate of drug-likeness (QED) is 0.635. The van der Waals surface area contributed by atoms with Crippen molar-refractivity contribution >= 4 is 31.2 Å². The zero-order chi connectivity index (χ0) is 11.3. The molecule has 0 fully saturated rings. The monoisotopic (exact) mass is 234 g/mol. The van der Waals surface area contributed by atoms with Crippen molar-refractivity contribution in [3.05, 3.63) is 0 Å². The van der Waals surface area contributed by atoms with Gasteiger partial charge in [-0.15, -0.1) is 0 Å². The summed E-state index contributed by atoms with van der Waals surface area (Å²) in [6.07, 6.45) is 0. The summed E-state index contributed by atoms with van der Waals surface area (Å²) in [6.45, 7) is 16.3. The van der Waals surface area contributed by atoms with Crippen molar-refractivity contribution in [1.29, 1.82) is 0 Å². The highest BCUT2D eigenvalue weighted by Gasteiger charge is 2.13. The predicted molar refractivity (Wildman–Crippen MR) is 78.4 cm³/mol. The normalized spacial score (nSPS) is 18.3. The smallest absolute Gasteiger partial charge is 0.0374 e. The SMILES string of the molecule is CC=S(CC)C(C)S(=C(C)C)C(C)C. The molecule has 0 radical (unpaired) electrons. The van der Waals surface area contributed by atoms with Gasteiger partial charge in [0.05, 0.1) is 0 Å². The Balaban J connectivity index is 4.98. The van der Waals surface area contributed by atoms with Crippen LogP contribution in [-0.4, -0.2) is 25.8 Å². The van der Waals surface area contributed by atoms with E-state index in [4.69, 9.17) is 0 Å². The highest BCUT2D eigenvalue weighted by atomic mass is 32.2. The van der Waals surface area contributed by atoms with E-state index >= 15 is 0 Å². The molecule has 0 aromatic heterocycles. The van der Waals surface area contributed by atoms with Crippen molar-refractivity contribution in [3.8, 4) is 0 Å². The fourth-order valence-corrected chi connectivity index (χ4v) is 8.52. The third-order valence-electron chi connectivity index (χ3n) is 2.40. The third-order valence-corrected chi connectivity index (χ3v) is 8.56. The van der Waals surface area contributed by atoms with E-state index in [0.717, 1.165) is 9.83 Å². The van der Waals surface area contributed by atoms with E-state index in [9.17, 15) is 0 Å². The molecule has 0 rings (SSSR count). The first kappa shape index (κ1) is 14.4. The molecule has 86 valence electrons. The summed E-state index contributed by atoms with van der Waals surface area (Å²) in [6, 6.07) is 0. The highest BCUT2D eigenvalue weighted by molar-refractivity contribution is 8.32. The molecule has 3 atom stereocenters. The van der Waals surface area contributed by atoms with Gasteiger partial charge in [-0.05, 0) is 38.7 Å². The number of hydrogen-bond acceptors (Lipinski definition) is 0. The lowest BCUT2D eigenvalue weighted by Gasteiger charge is -2.26. The maximum atomic E-state index is 2.43. The number of rotatable bonds is 4. The van der Waals surface area contributed by atoms with E-state index in [1.54, 1.807) is 4.86 Å². The largest absolute Gasteiger partial charge is 0.178 e. The minimum atomic E-state index is 0.495. The molecular formula is C12H26S2. The molecular weight excluding hydrogens is 208 g/mol. The summed E-state index contributed by atoms with van der Waals surface area (Å²) in [5.41, 5.74) is 0. The van der Waals surface area contributed by atoms with Crippen LogP contribution in [0.3, 0.4) is 0 Å². The molecule has 0 amide bonds. The van der Waals surface area contributed by atoms with E-state index in [1.165, 1.54) is 5.75 Å². The Morgan fingerprint density at radius 3 is 1.93 bits per heavy atom. The van der Waals surface area contributed by atoms with Crippen molar-refractivity contribution in [2.75, 3.05) is 5.75 Å². The maximum Gasteiger partial charge on any atom is 0.0374 e. The topological polar surface area (TPSA) is 0 Å². The molecule has 0 aliphatic rings. The minimum Gasteiger partial charge on any atom is -0.178 e. The molecule has 14 heavy (non-hydrogen) atoms. The van der Waals surface area contributed by atoms with Crippen LogP contribution in [0, 0.1) is 0 Å². The first-order chi connectivity index (χ1) is 6.45. The summed E-state index contributed by atoms with van der Waals surface area (Å²) >= 11 is 0. The lowest BCUT2D eigenvalue weighted by Crippen LogP contribution is -2.09. The Labute approximate surface area is 95.3 Å². The van der Waals surface area contributed by atoms with Gasteiger partial charge in [-0.25, -0.2) is 0 Å². The van der Waals surface area contributed by atoms with Crippen molar-refractivity contribution in [2.45, 2.75) is 58.3 Å². The van der Waals surface area contributed by atoms with Crippen LogP contribution in [0.4, 0.5) is 0 Å². The van der Waals surface area contributed by atoms with Gasteiger partial charge < -0.3 is 0 Å². The molecule has 0 N–H and O–H groups in total. The van der Waals surface area contributed by atoms with Crippen LogP contribution < -0.4 is 0 Å². The maximum absolute atomic E-state index is 2.43. The van der Waals surface area contributed by atoms with Gasteiger partial charge >= 0.3 is 0 Å². The Kier molecular flexibility index (Phi) is 7.05. The zero-order valence-corrected chi connectivity index (χ0v) is 12.4. The van der Waals surface area contributed by atoms with Crippen LogP contribution in [0.1, 0.15) is 48.5 Å². The van der Waals surface area contributed by atoms with Crippen LogP contribution in [0.15, 0.2) is 0 Å². The molecule has 3 unspecified atom stereocenters. The summed E-state index contributed by atoms with van der Waals surface area (Å²) in [5, 5.41) is 3.22. The predicted octanol–water partition coefficient (Wildman–Crippen LogP) is 4.33. The van der Waals surface area contributed by atoms with E-state index in [2.05, 4.69) is 53.8 Å². The summed E-state index contributed by atoms with van der Waals surface area (Å²) < 4.78 is 0.843. The molecule has 0 spiro atoms. The lowest BCUT2D eigenvalue weighted by atomic mass is 10.6. The average Bonchev–Trinajstić information content (AvgIpc) is 2.04. The molecule has 0 aliphatic heterocycles. The van der Waals surface area contributed by atoms with E-state index in [1.807, 2.05) is 0 Å². The Hall–Kier alpha value is 0.440. The first-order valence-electron chi connectivity index (χ1n) is 5.45. The standard InChI is InChI=1S/C12H26S2/c1-8-13(9-2)12(7)14(10(3)4)11(5)6/h8,10,12H,9H2,1-7H3. The Morgan fingerprint density at radius 2 is 1.71 bits per heavy atom. The molecule has 0 bridgehead atoms. The van der Waals surface area contributed by atoms with Crippen molar-refractivity contribution < 1.29 is 0 Å². The van der Waals surface area contributed by atoms with Gasteiger partial charge in [-0.3, -0.25) is 0 Å². The molecule has 0 heterocycles. The fourth-order valence-electron chi connectivity index (χ4n) is 1.91. The van der Waals surface area contributed by atoms with Crippen LogP contribution in [0.5, 0.6) is 0 Å². The van der Waals surface area contributed by atoms with Crippen LogP contribution >= 0.6 is 21.0 Å². The van der Waals surface area contributed by atoms with Gasteiger partial charge in [0.1, 0.15) is 0 Å². The highest BCUT2D eigenvalue weighted by Crippen LogP contribution is 2.39. The second-order valence-corrected chi connectivity index (χ2v) is 10.1. The van der Waals surface area contributed by atoms with Gasteiger partial charge in [0.2, 0.25) is 0 Å². The molecule has 0 aliphatic carbocycles. The van der Waals surface area contributed by atoms with Crippen LogP contribution in [-0.2, 0) is 0 Å². The van der Waals surface area contributed by atoms with Gasteiger partial charge in [-0.2, -0.15) is 21.0 Å². The zero-order valence-electron chi connectivity index (χ0n) is 10.8. The average molecular weight is 234 g/mol. The van der Waals surface area contributed by atoms with Crippen LogP contribution in [0.25, 0.3) is 0 Å². The minimum absolute atomic E-state index is 0.495.